The molecule has 1 fully saturated rings. The minimum absolute atomic E-state index is 0.494. The number of likely N-dealkylation sites (tertiary alicyclic amines) is 1. The highest BCUT2D eigenvalue weighted by molar-refractivity contribution is 5.77. The molecule has 2 rings (SSSR count). The fourth-order valence-corrected chi connectivity index (χ4v) is 2.62. The second-order valence-electron chi connectivity index (χ2n) is 5.22. The van der Waals surface area contributed by atoms with Gasteiger partial charge in [-0.1, -0.05) is 13.0 Å². The van der Waals surface area contributed by atoms with Crippen LogP contribution < -0.4 is 15.8 Å². The maximum absolute atomic E-state index is 5.92. The SMILES string of the molecule is CCN1CCCC1CNC(N)=NCc1ccc(OC)nc1. The summed E-state index contributed by atoms with van der Waals surface area (Å²) in [6, 6.07) is 4.34. The van der Waals surface area contributed by atoms with Crippen molar-refractivity contribution in [2.45, 2.75) is 32.4 Å². The molecule has 21 heavy (non-hydrogen) atoms. The highest BCUT2D eigenvalue weighted by Crippen LogP contribution is 2.15. The number of nitrogens with two attached hydrogens (primary N) is 1. The van der Waals surface area contributed by atoms with Crippen molar-refractivity contribution < 1.29 is 4.74 Å². The summed E-state index contributed by atoms with van der Waals surface area (Å²) in [5.74, 6) is 1.10. The number of hydrogen-bond acceptors (Lipinski definition) is 4. The monoisotopic (exact) mass is 291 g/mol. The first-order valence-corrected chi connectivity index (χ1v) is 7.49. The van der Waals surface area contributed by atoms with Crippen LogP contribution in [0, 0.1) is 0 Å². The topological polar surface area (TPSA) is 75.8 Å². The van der Waals surface area contributed by atoms with Crippen LogP contribution in [0.1, 0.15) is 25.3 Å². The molecule has 2 heterocycles. The molecule has 6 nitrogen and oxygen atoms in total. The quantitative estimate of drug-likeness (QED) is 0.603. The van der Waals surface area contributed by atoms with Gasteiger partial charge in [-0.25, -0.2) is 9.98 Å². The Bertz CT molecular complexity index is 460. The molecule has 1 unspecified atom stereocenters. The first kappa shape index (κ1) is 15.6. The second-order valence-corrected chi connectivity index (χ2v) is 5.22. The van der Waals surface area contributed by atoms with E-state index >= 15 is 0 Å². The van der Waals surface area contributed by atoms with Gasteiger partial charge in [-0.15, -0.1) is 0 Å². The van der Waals surface area contributed by atoms with Gasteiger partial charge in [0, 0.05) is 24.8 Å². The summed E-state index contributed by atoms with van der Waals surface area (Å²) in [7, 11) is 1.60. The normalized spacial score (nSPS) is 19.7. The van der Waals surface area contributed by atoms with Gasteiger partial charge in [0.25, 0.3) is 0 Å². The Kier molecular flexibility index (Phi) is 5.80. The van der Waals surface area contributed by atoms with Crippen molar-refractivity contribution in [3.8, 4) is 5.88 Å². The third kappa shape index (κ3) is 4.60. The van der Waals surface area contributed by atoms with E-state index in [1.54, 1.807) is 13.3 Å². The van der Waals surface area contributed by atoms with Crippen molar-refractivity contribution in [1.82, 2.24) is 15.2 Å². The summed E-state index contributed by atoms with van der Waals surface area (Å²) >= 11 is 0. The summed E-state index contributed by atoms with van der Waals surface area (Å²) in [5, 5.41) is 3.22. The van der Waals surface area contributed by atoms with E-state index in [4.69, 9.17) is 10.5 Å². The molecule has 1 aliphatic rings. The number of nitrogens with zero attached hydrogens (tertiary/aromatic N) is 3. The Hall–Kier alpha value is -1.82. The van der Waals surface area contributed by atoms with Crippen molar-refractivity contribution in [3.05, 3.63) is 23.9 Å². The zero-order chi connectivity index (χ0) is 15.1. The van der Waals surface area contributed by atoms with Crippen molar-refractivity contribution in [2.75, 3.05) is 26.7 Å². The van der Waals surface area contributed by atoms with Crippen LogP contribution >= 0.6 is 0 Å². The number of methoxy groups -OCH3 is 1. The molecule has 1 aromatic rings. The lowest BCUT2D eigenvalue weighted by molar-refractivity contribution is 0.267. The first-order chi connectivity index (χ1) is 10.2. The van der Waals surface area contributed by atoms with Gasteiger partial charge in [-0.3, -0.25) is 4.90 Å². The van der Waals surface area contributed by atoms with E-state index in [0.717, 1.165) is 18.7 Å². The number of ether oxygens (including phenoxy) is 1. The molecule has 1 atom stereocenters. The zero-order valence-corrected chi connectivity index (χ0v) is 12.9. The maximum atomic E-state index is 5.92. The molecule has 0 aromatic carbocycles. The van der Waals surface area contributed by atoms with Crippen LogP contribution in [0.4, 0.5) is 0 Å². The summed E-state index contributed by atoms with van der Waals surface area (Å²) in [6.07, 6.45) is 4.26. The molecule has 0 aliphatic carbocycles. The molecule has 116 valence electrons. The first-order valence-electron chi connectivity index (χ1n) is 7.49. The third-order valence-electron chi connectivity index (χ3n) is 3.86. The van der Waals surface area contributed by atoms with Gasteiger partial charge in [-0.05, 0) is 31.5 Å². The van der Waals surface area contributed by atoms with Crippen LogP contribution in [0.15, 0.2) is 23.3 Å². The number of likely N-dealkylation sites (N-methyl/N-ethyl adjacent to an activating group) is 1. The molecule has 1 aromatic heterocycles. The van der Waals surface area contributed by atoms with Gasteiger partial charge in [0.05, 0.1) is 13.7 Å². The van der Waals surface area contributed by atoms with E-state index in [9.17, 15) is 0 Å². The highest BCUT2D eigenvalue weighted by atomic mass is 16.5. The van der Waals surface area contributed by atoms with Gasteiger partial charge >= 0.3 is 0 Å². The van der Waals surface area contributed by atoms with Crippen molar-refractivity contribution in [2.24, 2.45) is 10.7 Å². The highest BCUT2D eigenvalue weighted by Gasteiger charge is 2.22. The Morgan fingerprint density at radius 2 is 2.43 bits per heavy atom. The summed E-state index contributed by atoms with van der Waals surface area (Å²) in [4.78, 5) is 11.0. The van der Waals surface area contributed by atoms with Crippen LogP contribution in [-0.2, 0) is 6.54 Å². The van der Waals surface area contributed by atoms with Crippen molar-refractivity contribution in [1.29, 1.82) is 0 Å². The fourth-order valence-electron chi connectivity index (χ4n) is 2.62. The van der Waals surface area contributed by atoms with E-state index in [-0.39, 0.29) is 0 Å². The van der Waals surface area contributed by atoms with E-state index in [1.807, 2.05) is 12.1 Å². The Balaban J connectivity index is 1.78. The van der Waals surface area contributed by atoms with E-state index < -0.39 is 0 Å². The fraction of sp³-hybridized carbons (Fsp3) is 0.600. The van der Waals surface area contributed by atoms with Crippen LogP contribution in [0.3, 0.4) is 0 Å². The van der Waals surface area contributed by atoms with Gasteiger partial charge in [0.15, 0.2) is 5.96 Å². The number of guanidine groups is 1. The number of rotatable bonds is 6. The van der Waals surface area contributed by atoms with Gasteiger partial charge < -0.3 is 15.8 Å². The van der Waals surface area contributed by atoms with Gasteiger partial charge in [0.2, 0.25) is 5.88 Å². The molecule has 1 aliphatic heterocycles. The minimum atomic E-state index is 0.494. The van der Waals surface area contributed by atoms with E-state index in [0.29, 0.717) is 24.4 Å². The van der Waals surface area contributed by atoms with Crippen LogP contribution in [-0.4, -0.2) is 48.6 Å². The molecule has 0 spiro atoms. The molecule has 6 heteroatoms. The molecule has 0 amide bonds. The maximum Gasteiger partial charge on any atom is 0.212 e. The summed E-state index contributed by atoms with van der Waals surface area (Å²) in [5.41, 5.74) is 6.93. The second kappa shape index (κ2) is 7.83. The smallest absolute Gasteiger partial charge is 0.212 e. The molecule has 0 saturated carbocycles. The largest absolute Gasteiger partial charge is 0.481 e. The van der Waals surface area contributed by atoms with Crippen LogP contribution in [0.5, 0.6) is 5.88 Å². The minimum Gasteiger partial charge on any atom is -0.481 e. The number of hydrogen-bond donors (Lipinski definition) is 2. The lowest BCUT2D eigenvalue weighted by Gasteiger charge is -2.23. The number of aromatic nitrogens is 1. The molecular formula is C15H25N5O. The molecule has 0 radical (unpaired) electrons. The Morgan fingerprint density at radius 1 is 1.57 bits per heavy atom. The average Bonchev–Trinajstić information content (AvgIpc) is 2.99. The van der Waals surface area contributed by atoms with Gasteiger partial charge in [-0.2, -0.15) is 0 Å². The number of aliphatic imine (C=N–C) groups is 1. The summed E-state index contributed by atoms with van der Waals surface area (Å²) in [6.45, 7) is 5.88. The van der Waals surface area contributed by atoms with Crippen LogP contribution in [0.2, 0.25) is 0 Å². The Labute approximate surface area is 126 Å². The van der Waals surface area contributed by atoms with Crippen molar-refractivity contribution >= 4 is 5.96 Å². The average molecular weight is 291 g/mol. The van der Waals surface area contributed by atoms with Crippen LogP contribution in [0.25, 0.3) is 0 Å². The number of nitrogens with one attached hydrogen (secondary N) is 1. The molecule has 1 saturated heterocycles. The van der Waals surface area contributed by atoms with E-state index in [2.05, 4.69) is 27.1 Å². The molecular weight excluding hydrogens is 266 g/mol. The zero-order valence-electron chi connectivity index (χ0n) is 12.9. The standard InChI is InChI=1S/C15H25N5O/c1-3-20-8-4-5-13(20)11-19-15(16)18-10-12-6-7-14(21-2)17-9-12/h6-7,9,13H,3-5,8,10-11H2,1-2H3,(H3,16,18,19). The lowest BCUT2D eigenvalue weighted by Crippen LogP contribution is -2.42. The predicted molar refractivity (Wildman–Crippen MR) is 84.4 cm³/mol. The van der Waals surface area contributed by atoms with Gasteiger partial charge in [0.1, 0.15) is 0 Å². The number of pyridine rings is 1. The summed E-state index contributed by atoms with van der Waals surface area (Å²) < 4.78 is 5.02. The van der Waals surface area contributed by atoms with E-state index in [1.165, 1.54) is 19.4 Å². The lowest BCUT2D eigenvalue weighted by atomic mass is 10.2. The van der Waals surface area contributed by atoms with Crippen molar-refractivity contribution in [3.63, 3.8) is 0 Å². The Morgan fingerprint density at radius 3 is 3.10 bits per heavy atom. The molecule has 3 N–H and O–H groups in total. The predicted octanol–water partition coefficient (Wildman–Crippen LogP) is 0.979. The third-order valence-corrected chi connectivity index (χ3v) is 3.86. The molecule has 0 bridgehead atoms.